The molecule has 1 aromatic rings. The second-order valence-electron chi connectivity index (χ2n) is 4.69. The summed E-state index contributed by atoms with van der Waals surface area (Å²) in [6.45, 7) is 4.27. The average molecular weight is 328 g/mol. The first kappa shape index (κ1) is 15.7. The summed E-state index contributed by atoms with van der Waals surface area (Å²) < 4.78 is 1.58. The molecule has 0 amide bonds. The smallest absolute Gasteiger partial charge is 0.284 e. The number of anilines is 1. The maximum Gasteiger partial charge on any atom is 0.284 e. The van der Waals surface area contributed by atoms with Crippen molar-refractivity contribution in [1.29, 1.82) is 0 Å². The number of nitrogens with one attached hydrogen (secondary N) is 1. The van der Waals surface area contributed by atoms with Crippen molar-refractivity contribution < 1.29 is 5.11 Å². The third kappa shape index (κ3) is 4.37. The molecule has 6 heteroatoms. The van der Waals surface area contributed by atoms with Gasteiger partial charge in [-0.05, 0) is 28.3 Å². The maximum absolute atomic E-state index is 11.9. The summed E-state index contributed by atoms with van der Waals surface area (Å²) in [5.74, 6) is 2.81. The van der Waals surface area contributed by atoms with Gasteiger partial charge < -0.3 is 10.4 Å². The van der Waals surface area contributed by atoms with Crippen LogP contribution in [-0.2, 0) is 6.54 Å². The minimum Gasteiger partial charge on any atom is -0.394 e. The van der Waals surface area contributed by atoms with E-state index < -0.39 is 0 Å². The minimum absolute atomic E-state index is 0.00192. The minimum atomic E-state index is -0.288. The number of halogens is 1. The molecule has 1 unspecified atom stereocenters. The SMILES string of the molecule is C#CCn1ncc(NC(CO)CC(C)C)c(Br)c1=O. The molecule has 0 radical (unpaired) electrons. The van der Waals surface area contributed by atoms with Gasteiger partial charge in [-0.3, -0.25) is 4.79 Å². The second kappa shape index (κ2) is 7.31. The fraction of sp³-hybridized carbons (Fsp3) is 0.538. The number of terminal acetylenes is 1. The van der Waals surface area contributed by atoms with Gasteiger partial charge >= 0.3 is 0 Å². The van der Waals surface area contributed by atoms with Gasteiger partial charge in [0.2, 0.25) is 0 Å². The number of aliphatic hydroxyl groups is 1. The Kier molecular flexibility index (Phi) is 6.06. The van der Waals surface area contributed by atoms with Crippen molar-refractivity contribution in [2.45, 2.75) is 32.9 Å². The van der Waals surface area contributed by atoms with Crippen LogP contribution in [0.4, 0.5) is 5.69 Å². The Labute approximate surface area is 121 Å². The number of aromatic nitrogens is 2. The third-order valence-corrected chi connectivity index (χ3v) is 3.33. The standard InChI is InChI=1S/C13H18BrN3O2/c1-4-5-17-13(19)12(14)11(7-15-17)16-10(8-18)6-9(2)3/h1,7,9-10,16,18H,5-6,8H2,2-3H3. The van der Waals surface area contributed by atoms with Gasteiger partial charge in [-0.1, -0.05) is 19.8 Å². The Hall–Kier alpha value is -1.32. The first-order valence-electron chi connectivity index (χ1n) is 6.06. The molecule has 0 aliphatic carbocycles. The molecule has 2 N–H and O–H groups in total. The van der Waals surface area contributed by atoms with Crippen LogP contribution in [0.25, 0.3) is 0 Å². The van der Waals surface area contributed by atoms with Gasteiger partial charge in [0, 0.05) is 6.04 Å². The molecule has 0 aliphatic heterocycles. The van der Waals surface area contributed by atoms with Crippen LogP contribution in [0.3, 0.4) is 0 Å². The monoisotopic (exact) mass is 327 g/mol. The van der Waals surface area contributed by atoms with E-state index >= 15 is 0 Å². The van der Waals surface area contributed by atoms with Gasteiger partial charge in [-0.15, -0.1) is 6.42 Å². The Bertz CT molecular complexity index is 520. The van der Waals surface area contributed by atoms with E-state index in [2.05, 4.69) is 46.1 Å². The van der Waals surface area contributed by atoms with Gasteiger partial charge in [-0.2, -0.15) is 5.10 Å². The lowest BCUT2D eigenvalue weighted by atomic mass is 10.0. The van der Waals surface area contributed by atoms with Crippen LogP contribution in [0, 0.1) is 18.3 Å². The molecule has 1 heterocycles. The number of aliphatic hydroxyl groups excluding tert-OH is 1. The summed E-state index contributed by atoms with van der Waals surface area (Å²) in [6, 6.07) is -0.110. The summed E-state index contributed by atoms with van der Waals surface area (Å²) in [5, 5.41) is 16.4. The first-order chi connectivity index (χ1) is 8.99. The zero-order valence-electron chi connectivity index (χ0n) is 11.1. The van der Waals surface area contributed by atoms with Crippen LogP contribution in [0.5, 0.6) is 0 Å². The first-order valence-corrected chi connectivity index (χ1v) is 6.85. The van der Waals surface area contributed by atoms with Gasteiger partial charge in [0.25, 0.3) is 5.56 Å². The van der Waals surface area contributed by atoms with Crippen molar-refractivity contribution in [1.82, 2.24) is 9.78 Å². The summed E-state index contributed by atoms with van der Waals surface area (Å²) in [5.41, 5.74) is 0.280. The predicted octanol–water partition coefficient (Wildman–Crippen LogP) is 1.46. The Morgan fingerprint density at radius 2 is 2.32 bits per heavy atom. The molecular formula is C13H18BrN3O2. The van der Waals surface area contributed by atoms with E-state index in [9.17, 15) is 9.90 Å². The molecule has 5 nitrogen and oxygen atoms in total. The van der Waals surface area contributed by atoms with Crippen LogP contribution in [0.15, 0.2) is 15.5 Å². The summed E-state index contributed by atoms with van der Waals surface area (Å²) in [6.07, 6.45) is 7.50. The van der Waals surface area contributed by atoms with E-state index in [0.717, 1.165) is 6.42 Å². The van der Waals surface area contributed by atoms with E-state index in [1.54, 1.807) is 0 Å². The van der Waals surface area contributed by atoms with Gasteiger partial charge in [-0.25, -0.2) is 4.68 Å². The van der Waals surface area contributed by atoms with Crippen molar-refractivity contribution in [2.75, 3.05) is 11.9 Å². The third-order valence-electron chi connectivity index (χ3n) is 2.56. The lowest BCUT2D eigenvalue weighted by Crippen LogP contribution is -2.29. The molecule has 104 valence electrons. The van der Waals surface area contributed by atoms with Crippen LogP contribution < -0.4 is 10.9 Å². The predicted molar refractivity (Wildman–Crippen MR) is 79.0 cm³/mol. The average Bonchev–Trinajstić information content (AvgIpc) is 2.37. The number of rotatable bonds is 6. The highest BCUT2D eigenvalue weighted by Gasteiger charge is 2.14. The zero-order valence-corrected chi connectivity index (χ0v) is 12.6. The number of nitrogens with zero attached hydrogens (tertiary/aromatic N) is 2. The zero-order chi connectivity index (χ0) is 14.4. The van der Waals surface area contributed by atoms with E-state index in [1.807, 2.05) is 0 Å². The number of hydrogen-bond donors (Lipinski definition) is 2. The van der Waals surface area contributed by atoms with Crippen molar-refractivity contribution in [3.63, 3.8) is 0 Å². The Balaban J connectivity index is 2.93. The topological polar surface area (TPSA) is 67.2 Å². The van der Waals surface area contributed by atoms with Crippen LogP contribution >= 0.6 is 15.9 Å². The van der Waals surface area contributed by atoms with Crippen molar-refractivity contribution >= 4 is 21.6 Å². The van der Waals surface area contributed by atoms with E-state index in [-0.39, 0.29) is 24.8 Å². The highest BCUT2D eigenvalue weighted by Crippen LogP contribution is 2.19. The maximum atomic E-state index is 11.9. The Morgan fingerprint density at radius 1 is 1.63 bits per heavy atom. The van der Waals surface area contributed by atoms with Gasteiger partial charge in [0.1, 0.15) is 11.0 Å². The normalized spacial score (nSPS) is 12.2. The van der Waals surface area contributed by atoms with Crippen molar-refractivity contribution in [2.24, 2.45) is 5.92 Å². The van der Waals surface area contributed by atoms with E-state index in [4.69, 9.17) is 6.42 Å². The van der Waals surface area contributed by atoms with Crippen LogP contribution in [0.2, 0.25) is 0 Å². The van der Waals surface area contributed by atoms with Crippen molar-refractivity contribution in [3.8, 4) is 12.3 Å². The molecule has 1 rings (SSSR count). The lowest BCUT2D eigenvalue weighted by molar-refractivity contribution is 0.259. The summed E-state index contributed by atoms with van der Waals surface area (Å²) in [4.78, 5) is 11.9. The van der Waals surface area contributed by atoms with Gasteiger partial charge in [0.15, 0.2) is 0 Å². The quantitative estimate of drug-likeness (QED) is 0.776. The molecular weight excluding hydrogens is 310 g/mol. The molecule has 0 aromatic carbocycles. The largest absolute Gasteiger partial charge is 0.394 e. The van der Waals surface area contributed by atoms with E-state index in [1.165, 1.54) is 10.9 Å². The molecule has 0 aliphatic rings. The summed E-state index contributed by atoms with van der Waals surface area (Å²) in [7, 11) is 0. The van der Waals surface area contributed by atoms with Crippen molar-refractivity contribution in [3.05, 3.63) is 21.0 Å². The molecule has 19 heavy (non-hydrogen) atoms. The van der Waals surface area contributed by atoms with E-state index in [0.29, 0.717) is 16.1 Å². The van der Waals surface area contributed by atoms with Crippen LogP contribution in [0.1, 0.15) is 20.3 Å². The summed E-state index contributed by atoms with van der Waals surface area (Å²) >= 11 is 3.24. The molecule has 0 spiro atoms. The van der Waals surface area contributed by atoms with Crippen LogP contribution in [-0.4, -0.2) is 27.5 Å². The second-order valence-corrected chi connectivity index (χ2v) is 5.49. The molecule has 0 bridgehead atoms. The highest BCUT2D eigenvalue weighted by atomic mass is 79.9. The molecule has 1 atom stereocenters. The lowest BCUT2D eigenvalue weighted by Gasteiger charge is -2.20. The molecule has 0 fully saturated rings. The fourth-order valence-corrected chi connectivity index (χ4v) is 2.15. The van der Waals surface area contributed by atoms with Gasteiger partial charge in [0.05, 0.1) is 18.5 Å². The number of hydrogen-bond acceptors (Lipinski definition) is 4. The molecule has 1 aromatic heterocycles. The Morgan fingerprint density at radius 3 is 2.84 bits per heavy atom. The molecule has 0 saturated heterocycles. The molecule has 0 saturated carbocycles. The fourth-order valence-electron chi connectivity index (χ4n) is 1.73. The highest BCUT2D eigenvalue weighted by molar-refractivity contribution is 9.10.